The van der Waals surface area contributed by atoms with Crippen molar-refractivity contribution in [2.24, 2.45) is 0 Å². The summed E-state index contributed by atoms with van der Waals surface area (Å²) in [5, 5.41) is 9.45. The van der Waals surface area contributed by atoms with Crippen LogP contribution in [0, 0.1) is 0 Å². The van der Waals surface area contributed by atoms with E-state index < -0.39 is 0 Å². The Morgan fingerprint density at radius 1 is 0.426 bits per heavy atom. The highest BCUT2D eigenvalue weighted by Crippen LogP contribution is 2.46. The maximum atomic E-state index is 6.51. The van der Waals surface area contributed by atoms with Gasteiger partial charge in [-0.1, -0.05) is 97.1 Å². The minimum absolute atomic E-state index is 0.575. The van der Waals surface area contributed by atoms with E-state index in [0.29, 0.717) is 5.89 Å². The first-order chi connectivity index (χ1) is 23.3. The van der Waals surface area contributed by atoms with E-state index in [1.807, 2.05) is 42.5 Å². The molecule has 4 nitrogen and oxygen atoms in total. The maximum absolute atomic E-state index is 6.51. The SMILES string of the molecule is c1ccc(N(c2ccc3c(ccc4c5ccccc5ccc34)c2)c2cccc3oc4cccc(-c5nc6ccccc6o5)c4c23)cc1. The smallest absolute Gasteiger partial charge is 0.228 e. The topological polar surface area (TPSA) is 42.4 Å². The van der Waals surface area contributed by atoms with Gasteiger partial charge in [0.05, 0.1) is 11.1 Å². The minimum atomic E-state index is 0.575. The molecule has 4 heteroatoms. The number of aromatic nitrogens is 1. The van der Waals surface area contributed by atoms with Gasteiger partial charge in [0.15, 0.2) is 5.58 Å². The summed E-state index contributed by atoms with van der Waals surface area (Å²) in [4.78, 5) is 7.19. The third-order valence-electron chi connectivity index (χ3n) is 9.26. The second kappa shape index (κ2) is 10.1. The molecule has 0 bridgehead atoms. The Bertz CT molecular complexity index is 2780. The van der Waals surface area contributed by atoms with Crippen LogP contribution in [-0.2, 0) is 0 Å². The maximum Gasteiger partial charge on any atom is 0.228 e. The second-order valence-electron chi connectivity index (χ2n) is 11.9. The monoisotopic (exact) mass is 602 g/mol. The number of fused-ring (bicyclic) bond motifs is 9. The molecule has 10 aromatic rings. The molecule has 0 aliphatic rings. The summed E-state index contributed by atoms with van der Waals surface area (Å²) in [7, 11) is 0. The highest BCUT2D eigenvalue weighted by Gasteiger charge is 2.23. The van der Waals surface area contributed by atoms with Crippen molar-refractivity contribution >= 4 is 82.4 Å². The van der Waals surface area contributed by atoms with E-state index in [9.17, 15) is 0 Å². The molecule has 10 rings (SSSR count). The van der Waals surface area contributed by atoms with Crippen LogP contribution < -0.4 is 4.90 Å². The van der Waals surface area contributed by atoms with Gasteiger partial charge in [-0.2, -0.15) is 0 Å². The van der Waals surface area contributed by atoms with E-state index in [1.165, 1.54) is 32.3 Å². The minimum Gasteiger partial charge on any atom is -0.456 e. The molecule has 47 heavy (non-hydrogen) atoms. The number of anilines is 3. The molecule has 0 radical (unpaired) electrons. The van der Waals surface area contributed by atoms with Gasteiger partial charge in [0.25, 0.3) is 0 Å². The van der Waals surface area contributed by atoms with Gasteiger partial charge in [-0.25, -0.2) is 4.98 Å². The fraction of sp³-hybridized carbons (Fsp3) is 0. The van der Waals surface area contributed by atoms with Crippen LogP contribution in [0.3, 0.4) is 0 Å². The van der Waals surface area contributed by atoms with Gasteiger partial charge < -0.3 is 13.7 Å². The summed E-state index contributed by atoms with van der Waals surface area (Å²) in [6.45, 7) is 0. The van der Waals surface area contributed by atoms with Crippen LogP contribution >= 0.6 is 0 Å². The van der Waals surface area contributed by atoms with Crippen LogP contribution in [0.4, 0.5) is 17.1 Å². The highest BCUT2D eigenvalue weighted by atomic mass is 16.3. The average Bonchev–Trinajstić information content (AvgIpc) is 3.74. The van der Waals surface area contributed by atoms with Crippen molar-refractivity contribution in [1.82, 2.24) is 4.98 Å². The third-order valence-corrected chi connectivity index (χ3v) is 9.26. The van der Waals surface area contributed by atoms with E-state index in [2.05, 4.69) is 120 Å². The number of hydrogen-bond donors (Lipinski definition) is 0. The zero-order valence-electron chi connectivity index (χ0n) is 25.2. The van der Waals surface area contributed by atoms with E-state index in [-0.39, 0.29) is 0 Å². The lowest BCUT2D eigenvalue weighted by atomic mass is 9.96. The molecule has 0 saturated carbocycles. The van der Waals surface area contributed by atoms with Crippen molar-refractivity contribution in [3.8, 4) is 11.5 Å². The normalized spacial score (nSPS) is 11.8. The molecule has 220 valence electrons. The number of furan rings is 1. The van der Waals surface area contributed by atoms with Crippen molar-refractivity contribution in [3.05, 3.63) is 158 Å². The largest absolute Gasteiger partial charge is 0.456 e. The molecule has 0 spiro atoms. The van der Waals surface area contributed by atoms with Gasteiger partial charge in [0.1, 0.15) is 16.7 Å². The molecule has 0 aliphatic carbocycles. The predicted octanol–water partition coefficient (Wildman–Crippen LogP) is 12.3. The molecular weight excluding hydrogens is 576 g/mol. The summed E-state index contributed by atoms with van der Waals surface area (Å²) in [5.74, 6) is 0.575. The van der Waals surface area contributed by atoms with Crippen LogP contribution in [0.25, 0.3) is 76.8 Å². The molecule has 0 fully saturated rings. The van der Waals surface area contributed by atoms with E-state index in [1.54, 1.807) is 0 Å². The predicted molar refractivity (Wildman–Crippen MR) is 194 cm³/mol. The Labute approximate surface area is 269 Å². The lowest BCUT2D eigenvalue weighted by Crippen LogP contribution is -2.10. The summed E-state index contributed by atoms with van der Waals surface area (Å²) in [6, 6.07) is 55.1. The average molecular weight is 603 g/mol. The molecule has 0 atom stereocenters. The van der Waals surface area contributed by atoms with Crippen molar-refractivity contribution < 1.29 is 8.83 Å². The van der Waals surface area contributed by atoms with Crippen LogP contribution in [0.5, 0.6) is 0 Å². The fourth-order valence-electron chi connectivity index (χ4n) is 7.16. The Morgan fingerprint density at radius 2 is 1.11 bits per heavy atom. The standard InChI is InChI=1S/C43H26N2O2/c1-2-11-29(12-3-1)45(30-22-25-32-28(26-30)21-24-33-31-13-5-4-10-27(31)20-23-34(32)33)37-16-9-19-40-42(37)41-35(14-8-18-39(41)46-40)43-44-36-15-6-7-17-38(36)47-43/h1-26H. The Balaban J connectivity index is 1.23. The summed E-state index contributed by atoms with van der Waals surface area (Å²) < 4.78 is 12.8. The highest BCUT2D eigenvalue weighted by molar-refractivity contribution is 6.20. The Hall–Kier alpha value is -6.39. The Kier molecular flexibility index (Phi) is 5.54. The van der Waals surface area contributed by atoms with Crippen molar-refractivity contribution in [1.29, 1.82) is 0 Å². The van der Waals surface area contributed by atoms with Crippen molar-refractivity contribution in [2.75, 3.05) is 4.90 Å². The summed E-state index contributed by atoms with van der Waals surface area (Å²) >= 11 is 0. The quantitative estimate of drug-likeness (QED) is 0.188. The molecule has 0 amide bonds. The molecule has 0 unspecified atom stereocenters. The third kappa shape index (κ3) is 3.98. The number of para-hydroxylation sites is 3. The van der Waals surface area contributed by atoms with Crippen LogP contribution in [0.2, 0.25) is 0 Å². The fourth-order valence-corrected chi connectivity index (χ4v) is 7.16. The van der Waals surface area contributed by atoms with E-state index in [4.69, 9.17) is 13.8 Å². The van der Waals surface area contributed by atoms with Crippen LogP contribution in [-0.4, -0.2) is 4.98 Å². The molecule has 0 saturated heterocycles. The number of benzene rings is 8. The number of hydrogen-bond acceptors (Lipinski definition) is 4. The van der Waals surface area contributed by atoms with Gasteiger partial charge in [-0.05, 0) is 93.0 Å². The summed E-state index contributed by atoms with van der Waals surface area (Å²) in [6.07, 6.45) is 0. The number of oxazole rings is 1. The van der Waals surface area contributed by atoms with E-state index in [0.717, 1.165) is 55.7 Å². The molecular formula is C43H26N2O2. The van der Waals surface area contributed by atoms with Crippen molar-refractivity contribution in [3.63, 3.8) is 0 Å². The number of nitrogens with zero attached hydrogens (tertiary/aromatic N) is 2. The molecule has 0 aliphatic heterocycles. The Morgan fingerprint density at radius 3 is 1.98 bits per heavy atom. The van der Waals surface area contributed by atoms with Gasteiger partial charge in [-0.3, -0.25) is 0 Å². The van der Waals surface area contributed by atoms with Gasteiger partial charge in [0, 0.05) is 22.3 Å². The van der Waals surface area contributed by atoms with Gasteiger partial charge in [0.2, 0.25) is 5.89 Å². The molecule has 2 aromatic heterocycles. The zero-order valence-corrected chi connectivity index (χ0v) is 25.2. The number of rotatable bonds is 4. The lowest BCUT2D eigenvalue weighted by molar-refractivity contribution is 0.620. The summed E-state index contributed by atoms with van der Waals surface area (Å²) in [5.41, 5.74) is 7.21. The van der Waals surface area contributed by atoms with Crippen molar-refractivity contribution in [2.45, 2.75) is 0 Å². The first-order valence-electron chi connectivity index (χ1n) is 15.8. The van der Waals surface area contributed by atoms with E-state index >= 15 is 0 Å². The van der Waals surface area contributed by atoms with Gasteiger partial charge in [-0.15, -0.1) is 0 Å². The second-order valence-corrected chi connectivity index (χ2v) is 11.9. The molecule has 0 N–H and O–H groups in total. The van der Waals surface area contributed by atoms with Crippen LogP contribution in [0.15, 0.2) is 167 Å². The molecule has 2 heterocycles. The zero-order chi connectivity index (χ0) is 30.9. The molecule has 8 aromatic carbocycles. The first kappa shape index (κ1) is 25.9. The lowest BCUT2D eigenvalue weighted by Gasteiger charge is -2.26. The van der Waals surface area contributed by atoms with Gasteiger partial charge >= 0.3 is 0 Å². The van der Waals surface area contributed by atoms with Crippen LogP contribution in [0.1, 0.15) is 0 Å². The first-order valence-corrected chi connectivity index (χ1v) is 15.8.